The number of aromatic amines is 1. The van der Waals surface area contributed by atoms with Crippen LogP contribution in [0.4, 0.5) is 0 Å². The summed E-state index contributed by atoms with van der Waals surface area (Å²) >= 11 is 5.95. The second-order valence-electron chi connectivity index (χ2n) is 3.33. The largest absolute Gasteiger partial charge is 0.341 e. The van der Waals surface area contributed by atoms with Crippen molar-refractivity contribution < 1.29 is 0 Å². The minimum absolute atomic E-state index is 0.742. The summed E-state index contributed by atoms with van der Waals surface area (Å²) in [6.45, 7) is 2.75. The molecule has 0 spiro atoms. The molecule has 4 heteroatoms. The molecular weight excluding hydrogens is 198 g/mol. The molecule has 3 nitrogen and oxygen atoms in total. The van der Waals surface area contributed by atoms with Crippen molar-refractivity contribution in [3.05, 3.63) is 28.5 Å². The Morgan fingerprint density at radius 2 is 2.29 bits per heavy atom. The molecule has 0 amide bonds. The first-order valence-electron chi connectivity index (χ1n) is 4.50. The highest BCUT2D eigenvalue weighted by Crippen LogP contribution is 2.21. The van der Waals surface area contributed by atoms with E-state index in [1.165, 1.54) is 0 Å². The lowest BCUT2D eigenvalue weighted by Crippen LogP contribution is -2.06. The van der Waals surface area contributed by atoms with Crippen molar-refractivity contribution in [2.75, 3.05) is 7.05 Å². The second-order valence-corrected chi connectivity index (χ2v) is 3.77. The monoisotopic (exact) mass is 209 g/mol. The third kappa shape index (κ3) is 1.61. The van der Waals surface area contributed by atoms with Gasteiger partial charge in [0.2, 0.25) is 0 Å². The molecular formula is C10H12ClN3. The van der Waals surface area contributed by atoms with E-state index in [0.717, 1.165) is 34.0 Å². The highest BCUT2D eigenvalue weighted by Gasteiger charge is 2.05. The lowest BCUT2D eigenvalue weighted by molar-refractivity contribution is 0.775. The molecule has 1 aromatic carbocycles. The van der Waals surface area contributed by atoms with E-state index in [2.05, 4.69) is 15.3 Å². The highest BCUT2D eigenvalue weighted by molar-refractivity contribution is 6.31. The summed E-state index contributed by atoms with van der Waals surface area (Å²) in [4.78, 5) is 7.69. The molecule has 0 radical (unpaired) electrons. The van der Waals surface area contributed by atoms with E-state index in [4.69, 9.17) is 11.6 Å². The molecule has 1 aromatic heterocycles. The summed E-state index contributed by atoms with van der Waals surface area (Å²) in [5.74, 6) is 0.938. The van der Waals surface area contributed by atoms with E-state index in [0.29, 0.717) is 0 Å². The van der Waals surface area contributed by atoms with Crippen LogP contribution in [0.5, 0.6) is 0 Å². The van der Waals surface area contributed by atoms with Crippen LogP contribution in [0.1, 0.15) is 11.4 Å². The SMILES string of the molecule is CNCc1nc2c(C)cc(Cl)cc2[nH]1. The summed E-state index contributed by atoms with van der Waals surface area (Å²) in [6, 6.07) is 3.82. The fraction of sp³-hybridized carbons (Fsp3) is 0.300. The molecule has 0 saturated carbocycles. The average Bonchev–Trinajstić information content (AvgIpc) is 2.48. The van der Waals surface area contributed by atoms with E-state index in [-0.39, 0.29) is 0 Å². The molecule has 14 heavy (non-hydrogen) atoms. The van der Waals surface area contributed by atoms with E-state index in [9.17, 15) is 0 Å². The first-order chi connectivity index (χ1) is 6.70. The molecule has 0 aliphatic rings. The molecule has 1 heterocycles. The minimum Gasteiger partial charge on any atom is -0.341 e. The molecule has 0 aliphatic heterocycles. The number of halogens is 1. The van der Waals surface area contributed by atoms with Gasteiger partial charge >= 0.3 is 0 Å². The predicted octanol–water partition coefficient (Wildman–Crippen LogP) is 2.24. The minimum atomic E-state index is 0.742. The van der Waals surface area contributed by atoms with Crippen LogP contribution in [0.15, 0.2) is 12.1 Å². The number of imidazole rings is 1. The van der Waals surface area contributed by atoms with Crippen molar-refractivity contribution in [1.29, 1.82) is 0 Å². The molecule has 0 fully saturated rings. The van der Waals surface area contributed by atoms with Crippen LogP contribution in [0, 0.1) is 6.92 Å². The zero-order chi connectivity index (χ0) is 10.1. The number of nitrogens with one attached hydrogen (secondary N) is 2. The maximum atomic E-state index is 5.95. The van der Waals surface area contributed by atoms with Gasteiger partial charge in [-0.05, 0) is 31.7 Å². The Bertz CT molecular complexity index is 462. The maximum Gasteiger partial charge on any atom is 0.121 e. The van der Waals surface area contributed by atoms with Crippen LogP contribution >= 0.6 is 11.6 Å². The topological polar surface area (TPSA) is 40.7 Å². The van der Waals surface area contributed by atoms with Gasteiger partial charge in [0.1, 0.15) is 5.82 Å². The fourth-order valence-corrected chi connectivity index (χ4v) is 1.82. The maximum absolute atomic E-state index is 5.95. The van der Waals surface area contributed by atoms with E-state index in [1.807, 2.05) is 26.1 Å². The van der Waals surface area contributed by atoms with Crippen LogP contribution in [0.2, 0.25) is 5.02 Å². The summed E-state index contributed by atoms with van der Waals surface area (Å²) in [7, 11) is 1.90. The van der Waals surface area contributed by atoms with Crippen molar-refractivity contribution in [2.24, 2.45) is 0 Å². The smallest absolute Gasteiger partial charge is 0.121 e. The molecule has 74 valence electrons. The average molecular weight is 210 g/mol. The number of hydrogen-bond acceptors (Lipinski definition) is 2. The number of hydrogen-bond donors (Lipinski definition) is 2. The zero-order valence-electron chi connectivity index (χ0n) is 8.19. The van der Waals surface area contributed by atoms with Crippen molar-refractivity contribution in [3.8, 4) is 0 Å². The van der Waals surface area contributed by atoms with Gasteiger partial charge in [0.15, 0.2) is 0 Å². The van der Waals surface area contributed by atoms with Crippen LogP contribution in [0.25, 0.3) is 11.0 Å². The summed E-state index contributed by atoms with van der Waals surface area (Å²) < 4.78 is 0. The van der Waals surface area contributed by atoms with E-state index in [1.54, 1.807) is 0 Å². The molecule has 0 saturated heterocycles. The number of rotatable bonds is 2. The molecule has 0 aliphatic carbocycles. The normalized spacial score (nSPS) is 11.1. The van der Waals surface area contributed by atoms with Crippen molar-refractivity contribution in [1.82, 2.24) is 15.3 Å². The van der Waals surface area contributed by atoms with Gasteiger partial charge in [-0.15, -0.1) is 0 Å². The Morgan fingerprint density at radius 3 is 3.00 bits per heavy atom. The van der Waals surface area contributed by atoms with Crippen molar-refractivity contribution in [3.63, 3.8) is 0 Å². The number of fused-ring (bicyclic) bond motifs is 1. The van der Waals surface area contributed by atoms with E-state index < -0.39 is 0 Å². The Labute approximate surface area is 87.5 Å². The van der Waals surface area contributed by atoms with Gasteiger partial charge in [-0.25, -0.2) is 4.98 Å². The van der Waals surface area contributed by atoms with Gasteiger partial charge in [-0.1, -0.05) is 11.6 Å². The standard InChI is InChI=1S/C10H12ClN3/c1-6-3-7(11)4-8-10(6)14-9(13-8)5-12-2/h3-4,12H,5H2,1-2H3,(H,13,14). The van der Waals surface area contributed by atoms with Gasteiger partial charge in [-0.2, -0.15) is 0 Å². The Kier molecular flexibility index (Phi) is 2.44. The summed E-state index contributed by atoms with van der Waals surface area (Å²) in [5, 5.41) is 3.80. The van der Waals surface area contributed by atoms with Crippen molar-refractivity contribution >= 4 is 22.6 Å². The van der Waals surface area contributed by atoms with Gasteiger partial charge in [0, 0.05) is 5.02 Å². The van der Waals surface area contributed by atoms with Gasteiger partial charge < -0.3 is 10.3 Å². The fourth-order valence-electron chi connectivity index (χ4n) is 1.55. The van der Waals surface area contributed by atoms with E-state index >= 15 is 0 Å². The second kappa shape index (κ2) is 3.59. The quantitative estimate of drug-likeness (QED) is 0.797. The third-order valence-corrected chi connectivity index (χ3v) is 2.35. The first-order valence-corrected chi connectivity index (χ1v) is 4.88. The molecule has 0 atom stereocenters. The summed E-state index contributed by atoms with van der Waals surface area (Å²) in [5.41, 5.74) is 3.10. The molecule has 2 aromatic rings. The van der Waals surface area contributed by atoms with Crippen molar-refractivity contribution in [2.45, 2.75) is 13.5 Å². The zero-order valence-corrected chi connectivity index (χ0v) is 8.94. The molecule has 0 unspecified atom stereocenters. The Balaban J connectivity index is 2.58. The first kappa shape index (κ1) is 9.49. The lowest BCUT2D eigenvalue weighted by Gasteiger charge is -1.94. The number of aryl methyl sites for hydroxylation is 1. The number of benzene rings is 1. The van der Waals surface area contributed by atoms with Gasteiger partial charge in [-0.3, -0.25) is 0 Å². The third-order valence-electron chi connectivity index (χ3n) is 2.14. The van der Waals surface area contributed by atoms with Crippen LogP contribution in [0.3, 0.4) is 0 Å². The van der Waals surface area contributed by atoms with Crippen LogP contribution in [-0.4, -0.2) is 17.0 Å². The Morgan fingerprint density at radius 1 is 1.50 bits per heavy atom. The van der Waals surface area contributed by atoms with Gasteiger partial charge in [0.05, 0.1) is 17.6 Å². The Hall–Kier alpha value is -1.06. The molecule has 0 bridgehead atoms. The van der Waals surface area contributed by atoms with Crippen LogP contribution in [-0.2, 0) is 6.54 Å². The summed E-state index contributed by atoms with van der Waals surface area (Å²) in [6.07, 6.45) is 0. The lowest BCUT2D eigenvalue weighted by atomic mass is 10.2. The number of nitrogens with zero attached hydrogens (tertiary/aromatic N) is 1. The highest BCUT2D eigenvalue weighted by atomic mass is 35.5. The molecule has 2 N–H and O–H groups in total. The molecule has 2 rings (SSSR count). The van der Waals surface area contributed by atoms with Crippen LogP contribution < -0.4 is 5.32 Å². The number of aromatic nitrogens is 2. The number of H-pyrrole nitrogens is 1. The predicted molar refractivity (Wildman–Crippen MR) is 58.6 cm³/mol. The van der Waals surface area contributed by atoms with Gasteiger partial charge in [0.25, 0.3) is 0 Å².